The highest BCUT2D eigenvalue weighted by Gasteiger charge is 2.17. The van der Waals surface area contributed by atoms with Crippen LogP contribution in [0.5, 0.6) is 0 Å². The third-order valence-corrected chi connectivity index (χ3v) is 5.45. The van der Waals surface area contributed by atoms with Gasteiger partial charge in [-0.15, -0.1) is 0 Å². The van der Waals surface area contributed by atoms with Crippen molar-refractivity contribution in [3.8, 4) is 0 Å². The van der Waals surface area contributed by atoms with E-state index in [1.54, 1.807) is 0 Å². The molecule has 0 unspecified atom stereocenters. The minimum atomic E-state index is 0.722. The summed E-state index contributed by atoms with van der Waals surface area (Å²) in [7, 11) is 0. The van der Waals surface area contributed by atoms with Crippen LogP contribution in [0.3, 0.4) is 0 Å². The van der Waals surface area contributed by atoms with Crippen molar-refractivity contribution in [2.75, 3.05) is 0 Å². The molecule has 1 aromatic heterocycles. The van der Waals surface area contributed by atoms with Gasteiger partial charge >= 0.3 is 0 Å². The van der Waals surface area contributed by atoms with Crippen molar-refractivity contribution in [1.82, 2.24) is 0 Å². The van der Waals surface area contributed by atoms with Crippen LogP contribution in [0, 0.1) is 0 Å². The van der Waals surface area contributed by atoms with Crippen molar-refractivity contribution in [1.29, 1.82) is 0 Å². The van der Waals surface area contributed by atoms with Crippen LogP contribution in [-0.2, 0) is 0 Å². The second-order valence-corrected chi connectivity index (χ2v) is 6.87. The Morgan fingerprint density at radius 2 is 1.39 bits per heavy atom. The van der Waals surface area contributed by atoms with Crippen molar-refractivity contribution >= 4 is 71.0 Å². The molecule has 0 saturated carbocycles. The lowest BCUT2D eigenvalue weighted by atomic mass is 10.0. The summed E-state index contributed by atoms with van der Waals surface area (Å²) in [5.41, 5.74) is 1.69. The van der Waals surface area contributed by atoms with Crippen molar-refractivity contribution in [3.63, 3.8) is 0 Å². The molecule has 0 aliphatic rings. The van der Waals surface area contributed by atoms with Crippen LogP contribution in [-0.4, -0.2) is 0 Å². The normalized spacial score (nSPS) is 11.9. The summed E-state index contributed by atoms with van der Waals surface area (Å²) >= 11 is 10.3. The highest BCUT2D eigenvalue weighted by Crippen LogP contribution is 2.43. The first-order valence-corrected chi connectivity index (χ1v) is 8.52. The topological polar surface area (TPSA) is 13.1 Å². The summed E-state index contributed by atoms with van der Waals surface area (Å²) in [6, 6.07) is 20.6. The van der Waals surface area contributed by atoms with Crippen LogP contribution in [0.2, 0.25) is 5.02 Å². The fourth-order valence-corrected chi connectivity index (χ4v) is 4.27. The van der Waals surface area contributed by atoms with Crippen LogP contribution in [0.1, 0.15) is 0 Å². The molecule has 5 rings (SSSR count). The lowest BCUT2D eigenvalue weighted by Crippen LogP contribution is -1.77. The summed E-state index contributed by atoms with van der Waals surface area (Å²) in [6.07, 6.45) is 0. The fraction of sp³-hybridized carbons (Fsp3) is 0. The Bertz CT molecular complexity index is 1240. The van der Waals surface area contributed by atoms with Gasteiger partial charge in [-0.3, -0.25) is 0 Å². The van der Waals surface area contributed by atoms with E-state index < -0.39 is 0 Å². The Labute approximate surface area is 145 Å². The number of fused-ring (bicyclic) bond motifs is 6. The van der Waals surface area contributed by atoms with Gasteiger partial charge in [-0.05, 0) is 44.2 Å². The first-order chi connectivity index (χ1) is 11.2. The highest BCUT2D eigenvalue weighted by molar-refractivity contribution is 9.10. The van der Waals surface area contributed by atoms with Gasteiger partial charge < -0.3 is 4.42 Å². The Hall–Kier alpha value is -2.03. The average molecular weight is 382 g/mol. The van der Waals surface area contributed by atoms with Crippen molar-refractivity contribution in [2.45, 2.75) is 0 Å². The van der Waals surface area contributed by atoms with Gasteiger partial charge in [0, 0.05) is 16.2 Å². The average Bonchev–Trinajstić information content (AvgIpc) is 2.96. The van der Waals surface area contributed by atoms with Crippen LogP contribution < -0.4 is 0 Å². The SMILES string of the molecule is Clc1cc2ccccc2c2oc3c(Br)c4ccccc4cc3c12. The summed E-state index contributed by atoms with van der Waals surface area (Å²) in [4.78, 5) is 0. The van der Waals surface area contributed by atoms with Gasteiger partial charge in [0.1, 0.15) is 11.2 Å². The Morgan fingerprint density at radius 1 is 0.739 bits per heavy atom. The third-order valence-electron chi connectivity index (χ3n) is 4.37. The van der Waals surface area contributed by atoms with E-state index in [1.165, 1.54) is 5.39 Å². The molecule has 1 heterocycles. The molecule has 0 saturated heterocycles. The highest BCUT2D eigenvalue weighted by atomic mass is 79.9. The second kappa shape index (κ2) is 4.73. The Balaban J connectivity index is 2.11. The molecule has 0 radical (unpaired) electrons. The molecule has 0 atom stereocenters. The quantitative estimate of drug-likeness (QED) is 0.274. The largest absolute Gasteiger partial charge is 0.454 e. The van der Waals surface area contributed by atoms with Crippen LogP contribution in [0.4, 0.5) is 0 Å². The van der Waals surface area contributed by atoms with E-state index in [0.717, 1.165) is 47.6 Å². The monoisotopic (exact) mass is 380 g/mol. The molecule has 0 aliphatic heterocycles. The summed E-state index contributed by atoms with van der Waals surface area (Å²) < 4.78 is 7.23. The number of hydrogen-bond donors (Lipinski definition) is 0. The molecule has 0 amide bonds. The third kappa shape index (κ3) is 1.79. The van der Waals surface area contributed by atoms with Gasteiger partial charge in [0.05, 0.1) is 9.50 Å². The molecular weight excluding hydrogens is 372 g/mol. The molecule has 23 heavy (non-hydrogen) atoms. The van der Waals surface area contributed by atoms with Gasteiger partial charge in [0.2, 0.25) is 0 Å². The molecule has 0 bridgehead atoms. The molecule has 4 aromatic carbocycles. The van der Waals surface area contributed by atoms with Crippen LogP contribution in [0.15, 0.2) is 69.6 Å². The molecule has 3 heteroatoms. The predicted octanol–water partition coefficient (Wildman–Crippen LogP) is 7.31. The second-order valence-electron chi connectivity index (χ2n) is 5.67. The summed E-state index contributed by atoms with van der Waals surface area (Å²) in [5, 5.41) is 7.22. The van der Waals surface area contributed by atoms with E-state index in [1.807, 2.05) is 30.3 Å². The smallest absolute Gasteiger partial charge is 0.150 e. The molecule has 0 aliphatic carbocycles. The Kier molecular flexibility index (Phi) is 2.76. The number of hydrogen-bond acceptors (Lipinski definition) is 1. The maximum Gasteiger partial charge on any atom is 0.150 e. The zero-order valence-corrected chi connectivity index (χ0v) is 14.3. The van der Waals surface area contributed by atoms with E-state index in [0.29, 0.717) is 0 Å². The van der Waals surface area contributed by atoms with E-state index >= 15 is 0 Å². The van der Waals surface area contributed by atoms with Crippen molar-refractivity contribution in [2.24, 2.45) is 0 Å². The Morgan fingerprint density at radius 3 is 2.17 bits per heavy atom. The first kappa shape index (κ1) is 13.4. The van der Waals surface area contributed by atoms with Crippen molar-refractivity contribution in [3.05, 3.63) is 70.2 Å². The van der Waals surface area contributed by atoms with Crippen LogP contribution in [0.25, 0.3) is 43.5 Å². The number of rotatable bonds is 0. The van der Waals surface area contributed by atoms with E-state index in [-0.39, 0.29) is 0 Å². The molecule has 5 aromatic rings. The fourth-order valence-electron chi connectivity index (χ4n) is 3.31. The molecule has 0 N–H and O–H groups in total. The van der Waals surface area contributed by atoms with Gasteiger partial charge in [0.15, 0.2) is 0 Å². The lowest BCUT2D eigenvalue weighted by molar-refractivity contribution is 0.671. The molecule has 110 valence electrons. The van der Waals surface area contributed by atoms with Crippen molar-refractivity contribution < 1.29 is 4.42 Å². The first-order valence-electron chi connectivity index (χ1n) is 7.35. The number of furan rings is 1. The number of benzene rings is 4. The molecule has 0 fully saturated rings. The van der Waals surface area contributed by atoms with Gasteiger partial charge in [-0.2, -0.15) is 0 Å². The molecular formula is C20H10BrClO. The maximum absolute atomic E-state index is 6.58. The molecule has 0 spiro atoms. The minimum absolute atomic E-state index is 0.722. The van der Waals surface area contributed by atoms with E-state index in [4.69, 9.17) is 16.0 Å². The maximum atomic E-state index is 6.58. The van der Waals surface area contributed by atoms with Gasteiger partial charge in [-0.25, -0.2) is 0 Å². The standard InChI is InChI=1S/C20H10BrClO/c21-18-13-7-3-1-5-11(13)9-15-17-16(22)10-12-6-2-4-8-14(12)19(17)23-20(15)18/h1-10H. The minimum Gasteiger partial charge on any atom is -0.454 e. The zero-order valence-electron chi connectivity index (χ0n) is 11.9. The van der Waals surface area contributed by atoms with Gasteiger partial charge in [0.25, 0.3) is 0 Å². The van der Waals surface area contributed by atoms with Gasteiger partial charge in [-0.1, -0.05) is 60.1 Å². The number of halogens is 2. The molecule has 1 nitrogen and oxygen atoms in total. The van der Waals surface area contributed by atoms with E-state index in [9.17, 15) is 0 Å². The lowest BCUT2D eigenvalue weighted by Gasteiger charge is -2.02. The summed E-state index contributed by atoms with van der Waals surface area (Å²) in [6.45, 7) is 0. The zero-order chi connectivity index (χ0) is 15.6. The summed E-state index contributed by atoms with van der Waals surface area (Å²) in [5.74, 6) is 0. The van der Waals surface area contributed by atoms with Crippen LogP contribution >= 0.6 is 27.5 Å². The predicted molar refractivity (Wildman–Crippen MR) is 101 cm³/mol. The van der Waals surface area contributed by atoms with E-state index in [2.05, 4.69) is 46.3 Å².